The number of ether oxygens (including phenoxy) is 1. The van der Waals surface area contributed by atoms with E-state index in [1.54, 1.807) is 16.9 Å². The molecule has 156 valence electrons. The van der Waals surface area contributed by atoms with Gasteiger partial charge in [-0.2, -0.15) is 5.10 Å². The first-order valence-electron chi connectivity index (χ1n) is 10.0. The predicted octanol–water partition coefficient (Wildman–Crippen LogP) is 4.36. The molecule has 0 saturated carbocycles. The number of nitrogens with zero attached hydrogens (tertiary/aromatic N) is 2. The topological polar surface area (TPSA) is 81.4 Å². The summed E-state index contributed by atoms with van der Waals surface area (Å²) in [4.78, 5) is 23.8. The Morgan fingerprint density at radius 1 is 0.968 bits per heavy atom. The van der Waals surface area contributed by atoms with Crippen LogP contribution in [0.2, 0.25) is 0 Å². The Morgan fingerprint density at radius 3 is 2.58 bits per heavy atom. The van der Waals surface area contributed by atoms with Gasteiger partial charge >= 0.3 is 5.97 Å². The molecule has 4 aromatic rings. The number of benzene rings is 3. The molecular weight excluding hydrogens is 392 g/mol. The zero-order chi connectivity index (χ0) is 21.6. The van der Waals surface area contributed by atoms with Gasteiger partial charge in [0.05, 0.1) is 6.54 Å². The minimum Gasteiger partial charge on any atom is -0.485 e. The summed E-state index contributed by atoms with van der Waals surface area (Å²) in [5.74, 6) is -0.480. The average Bonchev–Trinajstić information content (AvgIpc) is 3.29. The van der Waals surface area contributed by atoms with Crippen LogP contribution in [0.15, 0.2) is 79.1 Å². The van der Waals surface area contributed by atoms with Crippen LogP contribution in [0.3, 0.4) is 0 Å². The molecule has 31 heavy (non-hydrogen) atoms. The van der Waals surface area contributed by atoms with E-state index in [1.165, 1.54) is 0 Å². The molecule has 0 aliphatic rings. The second kappa shape index (κ2) is 9.26. The monoisotopic (exact) mass is 414 g/mol. The van der Waals surface area contributed by atoms with Crippen LogP contribution in [-0.2, 0) is 17.8 Å². The summed E-state index contributed by atoms with van der Waals surface area (Å²) < 4.78 is 7.67. The Balaban J connectivity index is 1.52. The highest BCUT2D eigenvalue weighted by molar-refractivity contribution is 6.00. The summed E-state index contributed by atoms with van der Waals surface area (Å²) in [7, 11) is 0. The van der Waals surface area contributed by atoms with Crippen molar-refractivity contribution in [2.45, 2.75) is 19.4 Å². The van der Waals surface area contributed by atoms with Gasteiger partial charge in [0, 0.05) is 24.4 Å². The fourth-order valence-corrected chi connectivity index (χ4v) is 3.45. The van der Waals surface area contributed by atoms with Crippen molar-refractivity contribution in [1.29, 1.82) is 0 Å². The molecule has 6 heteroatoms. The van der Waals surface area contributed by atoms with Crippen molar-refractivity contribution in [3.8, 4) is 5.75 Å². The second-order valence-corrected chi connectivity index (χ2v) is 7.31. The number of Topliss-reactive ketones (excluding diaryl/α,β-unsaturated/α-hetero) is 1. The van der Waals surface area contributed by atoms with Gasteiger partial charge in [0.15, 0.2) is 12.4 Å². The highest BCUT2D eigenvalue weighted by Gasteiger charge is 2.12. The highest BCUT2D eigenvalue weighted by Crippen LogP contribution is 2.24. The molecule has 0 aliphatic heterocycles. The molecule has 1 N–H and O–H groups in total. The van der Waals surface area contributed by atoms with Crippen molar-refractivity contribution in [1.82, 2.24) is 9.78 Å². The van der Waals surface area contributed by atoms with Crippen LogP contribution in [0.1, 0.15) is 27.9 Å². The van der Waals surface area contributed by atoms with Gasteiger partial charge in [0.2, 0.25) is 0 Å². The van der Waals surface area contributed by atoms with E-state index in [-0.39, 0.29) is 18.8 Å². The Hall–Kier alpha value is -3.93. The molecule has 0 saturated heterocycles. The molecule has 0 unspecified atom stereocenters. The molecule has 0 spiro atoms. The van der Waals surface area contributed by atoms with Gasteiger partial charge < -0.3 is 9.84 Å². The number of ketones is 1. The smallest absolute Gasteiger partial charge is 0.303 e. The van der Waals surface area contributed by atoms with Gasteiger partial charge in [-0.25, -0.2) is 0 Å². The molecule has 0 aliphatic carbocycles. The lowest BCUT2D eigenvalue weighted by Crippen LogP contribution is -2.13. The number of aliphatic carboxylic acids is 1. The Labute approximate surface area is 179 Å². The average molecular weight is 414 g/mol. The zero-order valence-corrected chi connectivity index (χ0v) is 16.9. The number of hydrogen-bond donors (Lipinski definition) is 1. The molecule has 0 fully saturated rings. The number of hydrogen-bond acceptors (Lipinski definition) is 4. The van der Waals surface area contributed by atoms with Gasteiger partial charge in [-0.05, 0) is 46.5 Å². The number of rotatable bonds is 9. The van der Waals surface area contributed by atoms with Crippen LogP contribution >= 0.6 is 0 Å². The Kier molecular flexibility index (Phi) is 6.08. The van der Waals surface area contributed by atoms with Crippen molar-refractivity contribution in [2.75, 3.05) is 6.61 Å². The number of carbonyl (C=O) groups excluding carboxylic acids is 1. The fraction of sp³-hybridized carbons (Fsp3) is 0.160. The number of carbonyl (C=O) groups is 2. The summed E-state index contributed by atoms with van der Waals surface area (Å²) in [5.41, 5.74) is 2.30. The van der Waals surface area contributed by atoms with Crippen molar-refractivity contribution < 1.29 is 19.4 Å². The molecule has 1 heterocycles. The predicted molar refractivity (Wildman–Crippen MR) is 118 cm³/mol. The van der Waals surface area contributed by atoms with Gasteiger partial charge in [-0.3, -0.25) is 14.3 Å². The first-order valence-corrected chi connectivity index (χ1v) is 10.0. The first-order chi connectivity index (χ1) is 15.1. The first kappa shape index (κ1) is 20.3. The van der Waals surface area contributed by atoms with Crippen LogP contribution in [0, 0.1) is 0 Å². The molecule has 3 aromatic carbocycles. The third kappa shape index (κ3) is 5.17. The Bertz CT molecular complexity index is 1220. The molecule has 6 nitrogen and oxygen atoms in total. The summed E-state index contributed by atoms with van der Waals surface area (Å²) in [5, 5.41) is 15.3. The van der Waals surface area contributed by atoms with E-state index in [1.807, 2.05) is 66.9 Å². The van der Waals surface area contributed by atoms with E-state index in [0.29, 0.717) is 24.3 Å². The molecule has 0 amide bonds. The largest absolute Gasteiger partial charge is 0.485 e. The highest BCUT2D eigenvalue weighted by atomic mass is 16.5. The molecule has 0 bridgehead atoms. The standard InChI is InChI=1S/C25H22N2O4/c28-23(22-9-8-19-4-1-2-5-21(19)15-22)17-31-24-14-18(16-27-13-3-12-26-27)6-7-20(24)10-11-25(29)30/h1-9,12-15H,10-11,16-17H2,(H,29,30). The molecule has 0 radical (unpaired) electrons. The minimum absolute atomic E-state index is 0.00646. The van der Waals surface area contributed by atoms with Gasteiger partial charge in [-0.1, -0.05) is 48.5 Å². The van der Waals surface area contributed by atoms with Gasteiger partial charge in [0.25, 0.3) is 0 Å². The third-order valence-corrected chi connectivity index (χ3v) is 5.07. The normalized spacial score (nSPS) is 10.8. The SMILES string of the molecule is O=C(O)CCc1ccc(Cn2cccn2)cc1OCC(=O)c1ccc2ccccc2c1. The second-order valence-electron chi connectivity index (χ2n) is 7.31. The molecular formula is C25H22N2O4. The van der Waals surface area contributed by atoms with E-state index < -0.39 is 5.97 Å². The van der Waals surface area contributed by atoms with Gasteiger partial charge in [-0.15, -0.1) is 0 Å². The zero-order valence-electron chi connectivity index (χ0n) is 16.9. The summed E-state index contributed by atoms with van der Waals surface area (Å²) in [6, 6.07) is 20.9. The van der Waals surface area contributed by atoms with Crippen molar-refractivity contribution in [3.05, 3.63) is 95.8 Å². The minimum atomic E-state index is -0.876. The van der Waals surface area contributed by atoms with E-state index in [9.17, 15) is 9.59 Å². The van der Waals surface area contributed by atoms with Crippen molar-refractivity contribution in [3.63, 3.8) is 0 Å². The lowest BCUT2D eigenvalue weighted by molar-refractivity contribution is -0.136. The van der Waals surface area contributed by atoms with E-state index >= 15 is 0 Å². The van der Waals surface area contributed by atoms with E-state index in [4.69, 9.17) is 9.84 Å². The van der Waals surface area contributed by atoms with Crippen molar-refractivity contribution >= 4 is 22.5 Å². The maximum Gasteiger partial charge on any atom is 0.303 e. The van der Waals surface area contributed by atoms with Crippen LogP contribution in [0.5, 0.6) is 5.75 Å². The van der Waals surface area contributed by atoms with Crippen LogP contribution in [0.4, 0.5) is 0 Å². The summed E-state index contributed by atoms with van der Waals surface area (Å²) in [6.07, 6.45) is 3.90. The van der Waals surface area contributed by atoms with Crippen molar-refractivity contribution in [2.24, 2.45) is 0 Å². The van der Waals surface area contributed by atoms with Crippen LogP contribution < -0.4 is 4.74 Å². The maximum atomic E-state index is 12.7. The number of fused-ring (bicyclic) bond motifs is 1. The number of carboxylic acid groups (broad SMARTS) is 1. The lowest BCUT2D eigenvalue weighted by atomic mass is 10.0. The maximum absolute atomic E-state index is 12.7. The van der Waals surface area contributed by atoms with E-state index in [2.05, 4.69) is 5.10 Å². The van der Waals surface area contributed by atoms with Gasteiger partial charge in [0.1, 0.15) is 5.75 Å². The number of aryl methyl sites for hydroxylation is 1. The number of aromatic nitrogens is 2. The quantitative estimate of drug-likeness (QED) is 0.412. The Morgan fingerprint density at radius 2 is 1.81 bits per heavy atom. The molecule has 0 atom stereocenters. The summed E-state index contributed by atoms with van der Waals surface area (Å²) >= 11 is 0. The summed E-state index contributed by atoms with van der Waals surface area (Å²) in [6.45, 7) is 0.435. The van der Waals surface area contributed by atoms with E-state index in [0.717, 1.165) is 21.9 Å². The van der Waals surface area contributed by atoms with Crippen LogP contribution in [0.25, 0.3) is 10.8 Å². The fourth-order valence-electron chi connectivity index (χ4n) is 3.45. The van der Waals surface area contributed by atoms with Crippen LogP contribution in [-0.4, -0.2) is 33.2 Å². The molecule has 4 rings (SSSR count). The number of carboxylic acids is 1. The third-order valence-electron chi connectivity index (χ3n) is 5.07. The molecule has 1 aromatic heterocycles. The lowest BCUT2D eigenvalue weighted by Gasteiger charge is -2.13.